The van der Waals surface area contributed by atoms with Crippen molar-refractivity contribution in [1.82, 2.24) is 10.2 Å². The second-order valence-electron chi connectivity index (χ2n) is 6.33. The minimum Gasteiger partial charge on any atom is -0.342 e. The van der Waals surface area contributed by atoms with Crippen LogP contribution in [-0.4, -0.2) is 37.5 Å². The van der Waals surface area contributed by atoms with Gasteiger partial charge >= 0.3 is 0 Å². The Kier molecular flexibility index (Phi) is 5.81. The monoisotopic (exact) mass is 326 g/mol. The van der Waals surface area contributed by atoms with Crippen LogP contribution in [0.15, 0.2) is 24.3 Å². The first-order valence-electron chi connectivity index (χ1n) is 7.88. The number of nitrogens with one attached hydrogen (secondary N) is 1. The Hall–Kier alpha value is -1.13. The Morgan fingerprint density at radius 3 is 2.50 bits per heavy atom. The number of hydrogen-bond donors (Lipinski definition) is 1. The van der Waals surface area contributed by atoms with E-state index < -0.39 is 0 Å². The van der Waals surface area contributed by atoms with E-state index in [4.69, 9.17) is 0 Å². The van der Waals surface area contributed by atoms with Gasteiger partial charge in [-0.1, -0.05) is 12.1 Å². The average Bonchev–Trinajstić information content (AvgIpc) is 3.29. The first-order valence-corrected chi connectivity index (χ1v) is 7.88. The zero-order valence-electron chi connectivity index (χ0n) is 12.9. The van der Waals surface area contributed by atoms with Gasteiger partial charge in [-0.3, -0.25) is 4.79 Å². The van der Waals surface area contributed by atoms with Crippen LogP contribution in [0.5, 0.6) is 0 Å². The molecule has 2 unspecified atom stereocenters. The number of nitrogens with zero attached hydrogens (tertiary/aromatic N) is 1. The van der Waals surface area contributed by atoms with Gasteiger partial charge in [-0.2, -0.15) is 0 Å². The van der Waals surface area contributed by atoms with Crippen molar-refractivity contribution in [3.63, 3.8) is 0 Å². The molecule has 1 amide bonds. The van der Waals surface area contributed by atoms with Gasteiger partial charge in [0.1, 0.15) is 5.82 Å². The number of likely N-dealkylation sites (tertiary alicyclic amines) is 1. The van der Waals surface area contributed by atoms with Crippen LogP contribution in [0.25, 0.3) is 0 Å². The maximum absolute atomic E-state index is 12.9. The van der Waals surface area contributed by atoms with Gasteiger partial charge in [-0.15, -0.1) is 12.4 Å². The molecule has 3 nitrogen and oxygen atoms in total. The molecular formula is C17H24ClFN2O. The lowest BCUT2D eigenvalue weighted by molar-refractivity contribution is -0.134. The first kappa shape index (κ1) is 17.2. The van der Waals surface area contributed by atoms with Gasteiger partial charge in [0.15, 0.2) is 0 Å². The third-order valence-corrected chi connectivity index (χ3v) is 4.82. The number of carbonyl (C=O) groups excluding carboxylic acids is 1. The van der Waals surface area contributed by atoms with Crippen LogP contribution in [0.3, 0.4) is 0 Å². The number of rotatable bonds is 4. The van der Waals surface area contributed by atoms with Gasteiger partial charge < -0.3 is 10.2 Å². The Balaban J connectivity index is 0.00000176. The molecule has 1 aromatic rings. The summed E-state index contributed by atoms with van der Waals surface area (Å²) in [5, 5.41) is 3.22. The second kappa shape index (κ2) is 7.42. The quantitative estimate of drug-likeness (QED) is 0.922. The fraction of sp³-hybridized carbons (Fsp3) is 0.588. The average molecular weight is 327 g/mol. The van der Waals surface area contributed by atoms with E-state index >= 15 is 0 Å². The van der Waals surface area contributed by atoms with Gasteiger partial charge in [-0.05, 0) is 62.4 Å². The molecule has 5 heteroatoms. The smallest absolute Gasteiger partial charge is 0.226 e. The summed E-state index contributed by atoms with van der Waals surface area (Å²) in [6.07, 6.45) is 3.11. The van der Waals surface area contributed by atoms with Crippen LogP contribution in [-0.2, 0) is 4.79 Å². The van der Waals surface area contributed by atoms with Gasteiger partial charge in [-0.25, -0.2) is 4.39 Å². The van der Waals surface area contributed by atoms with Crippen LogP contribution < -0.4 is 5.32 Å². The largest absolute Gasteiger partial charge is 0.342 e. The molecule has 1 aromatic carbocycles. The molecule has 2 aliphatic rings. The van der Waals surface area contributed by atoms with E-state index in [0.717, 1.165) is 44.5 Å². The van der Waals surface area contributed by atoms with Crippen LogP contribution in [0, 0.1) is 17.7 Å². The van der Waals surface area contributed by atoms with Crippen molar-refractivity contribution in [1.29, 1.82) is 0 Å². The predicted molar refractivity (Wildman–Crippen MR) is 87.7 cm³/mol. The minimum absolute atomic E-state index is 0. The molecule has 1 N–H and O–H groups in total. The summed E-state index contributed by atoms with van der Waals surface area (Å²) in [6.45, 7) is 2.82. The highest BCUT2D eigenvalue weighted by molar-refractivity contribution is 5.85. The number of piperidine rings is 1. The van der Waals surface area contributed by atoms with E-state index in [1.807, 2.05) is 24.1 Å². The van der Waals surface area contributed by atoms with E-state index in [1.165, 1.54) is 12.1 Å². The predicted octanol–water partition coefficient (Wildman–Crippen LogP) is 2.81. The Morgan fingerprint density at radius 1 is 1.27 bits per heavy atom. The summed E-state index contributed by atoms with van der Waals surface area (Å²) in [6, 6.07) is 6.59. The van der Waals surface area contributed by atoms with Crippen molar-refractivity contribution in [3.05, 3.63) is 35.6 Å². The lowest BCUT2D eigenvalue weighted by Crippen LogP contribution is -2.41. The number of hydrogen-bond acceptors (Lipinski definition) is 2. The van der Waals surface area contributed by atoms with Crippen molar-refractivity contribution in [3.8, 4) is 0 Å². The maximum Gasteiger partial charge on any atom is 0.226 e. The van der Waals surface area contributed by atoms with Crippen LogP contribution in [0.1, 0.15) is 30.7 Å². The Bertz CT molecular complexity index is 500. The lowest BCUT2D eigenvalue weighted by atomic mass is 9.96. The van der Waals surface area contributed by atoms with Crippen molar-refractivity contribution in [2.24, 2.45) is 11.8 Å². The van der Waals surface area contributed by atoms with Gasteiger partial charge in [0.2, 0.25) is 5.91 Å². The highest BCUT2D eigenvalue weighted by atomic mass is 35.5. The summed E-state index contributed by atoms with van der Waals surface area (Å²) in [5.41, 5.74) is 1.10. The van der Waals surface area contributed by atoms with Crippen molar-refractivity contribution < 1.29 is 9.18 Å². The molecule has 1 heterocycles. The van der Waals surface area contributed by atoms with Crippen LogP contribution >= 0.6 is 12.4 Å². The number of carbonyl (C=O) groups is 1. The van der Waals surface area contributed by atoms with Gasteiger partial charge in [0.25, 0.3) is 0 Å². The summed E-state index contributed by atoms with van der Waals surface area (Å²) in [4.78, 5) is 14.5. The van der Waals surface area contributed by atoms with E-state index in [0.29, 0.717) is 17.7 Å². The molecule has 1 aliphatic heterocycles. The zero-order valence-corrected chi connectivity index (χ0v) is 13.7. The number of benzene rings is 1. The number of halogens is 2. The van der Waals surface area contributed by atoms with Crippen molar-refractivity contribution in [2.45, 2.75) is 25.2 Å². The first-order chi connectivity index (χ1) is 10.2. The highest BCUT2D eigenvalue weighted by Gasteiger charge is 2.46. The van der Waals surface area contributed by atoms with Gasteiger partial charge in [0.05, 0.1) is 0 Å². The Labute approximate surface area is 137 Å². The highest BCUT2D eigenvalue weighted by Crippen LogP contribution is 2.48. The van der Waals surface area contributed by atoms with E-state index in [1.54, 1.807) is 0 Å². The summed E-state index contributed by atoms with van der Waals surface area (Å²) < 4.78 is 12.9. The normalized spacial score (nSPS) is 24.7. The molecule has 22 heavy (non-hydrogen) atoms. The molecule has 0 bridgehead atoms. The maximum atomic E-state index is 12.9. The third kappa shape index (κ3) is 3.79. The van der Waals surface area contributed by atoms with E-state index in [9.17, 15) is 9.18 Å². The van der Waals surface area contributed by atoms with E-state index in [-0.39, 0.29) is 24.1 Å². The number of amides is 1. The summed E-state index contributed by atoms with van der Waals surface area (Å²) in [7, 11) is 1.98. The lowest BCUT2D eigenvalue weighted by Gasteiger charge is -2.32. The zero-order chi connectivity index (χ0) is 14.8. The minimum atomic E-state index is -0.214. The SMILES string of the molecule is CNCC1CCN(C(=O)C2CC2c2ccc(F)cc2)CC1.Cl. The molecule has 0 aromatic heterocycles. The summed E-state index contributed by atoms with van der Waals surface area (Å²) >= 11 is 0. The molecule has 3 rings (SSSR count). The standard InChI is InChI=1S/C17H23FN2O.ClH/c1-19-11-12-6-8-20(9-7-12)17(21)16-10-15(16)13-2-4-14(18)5-3-13;/h2-5,12,15-16,19H,6-11H2,1H3;1H. The van der Waals surface area contributed by atoms with Gasteiger partial charge in [0, 0.05) is 19.0 Å². The molecule has 122 valence electrons. The van der Waals surface area contributed by atoms with Crippen LogP contribution in [0.4, 0.5) is 4.39 Å². The fourth-order valence-electron chi connectivity index (χ4n) is 3.43. The topological polar surface area (TPSA) is 32.3 Å². The second-order valence-corrected chi connectivity index (χ2v) is 6.33. The molecule has 2 atom stereocenters. The summed E-state index contributed by atoms with van der Waals surface area (Å²) in [5.74, 6) is 1.21. The molecule has 0 spiro atoms. The Morgan fingerprint density at radius 2 is 1.91 bits per heavy atom. The van der Waals surface area contributed by atoms with Crippen molar-refractivity contribution in [2.75, 3.05) is 26.7 Å². The molecule has 1 aliphatic carbocycles. The molecule has 1 saturated heterocycles. The van der Waals surface area contributed by atoms with Crippen molar-refractivity contribution >= 4 is 18.3 Å². The third-order valence-electron chi connectivity index (χ3n) is 4.82. The molecule has 0 radical (unpaired) electrons. The fourth-order valence-corrected chi connectivity index (χ4v) is 3.43. The van der Waals surface area contributed by atoms with Crippen LogP contribution in [0.2, 0.25) is 0 Å². The molecular weight excluding hydrogens is 303 g/mol. The molecule has 2 fully saturated rings. The van der Waals surface area contributed by atoms with E-state index in [2.05, 4.69) is 5.32 Å². The molecule has 1 saturated carbocycles.